The van der Waals surface area contributed by atoms with Crippen molar-refractivity contribution in [2.24, 2.45) is 0 Å². The fraction of sp³-hybridized carbons (Fsp3) is 0.526. The lowest BCUT2D eigenvalue weighted by Crippen LogP contribution is -2.37. The lowest BCUT2D eigenvalue weighted by atomic mass is 10.1. The molecule has 1 aliphatic rings. The summed E-state index contributed by atoms with van der Waals surface area (Å²) >= 11 is 0. The van der Waals surface area contributed by atoms with E-state index >= 15 is 0 Å². The number of nitrogens with zero attached hydrogens (tertiary/aromatic N) is 3. The molecule has 0 saturated heterocycles. The Morgan fingerprint density at radius 1 is 1.24 bits per heavy atom. The molecular formula is C19H26N4O2. The summed E-state index contributed by atoms with van der Waals surface area (Å²) in [5.41, 5.74) is 1.31. The number of ether oxygens (including phenoxy) is 1. The van der Waals surface area contributed by atoms with Crippen LogP contribution in [0, 0.1) is 0 Å². The molecule has 3 rings (SSSR count). The molecule has 0 bridgehead atoms. The monoisotopic (exact) mass is 342 g/mol. The Hall–Kier alpha value is -2.21. The fourth-order valence-corrected chi connectivity index (χ4v) is 3.24. The van der Waals surface area contributed by atoms with Crippen molar-refractivity contribution in [3.63, 3.8) is 0 Å². The molecule has 25 heavy (non-hydrogen) atoms. The van der Waals surface area contributed by atoms with Crippen molar-refractivity contribution >= 4 is 5.91 Å². The molecule has 1 aromatic carbocycles. The van der Waals surface area contributed by atoms with Gasteiger partial charge in [0.15, 0.2) is 0 Å². The number of aryl methyl sites for hydroxylation is 3. The first kappa shape index (κ1) is 17.6. The highest BCUT2D eigenvalue weighted by atomic mass is 16.5. The maximum Gasteiger partial charge on any atom is 0.246 e. The maximum absolute atomic E-state index is 11.8. The Balaban J connectivity index is 1.55. The van der Waals surface area contributed by atoms with Gasteiger partial charge in [-0.1, -0.05) is 30.3 Å². The van der Waals surface area contributed by atoms with Crippen molar-refractivity contribution in [3.05, 3.63) is 47.5 Å². The minimum absolute atomic E-state index is 0.0335. The molecule has 6 heteroatoms. The Labute approximate surface area is 148 Å². The minimum atomic E-state index is -0.0335. The normalized spacial score (nSPS) is 16.9. The smallest absolute Gasteiger partial charge is 0.246 e. The van der Waals surface area contributed by atoms with Crippen LogP contribution in [0.2, 0.25) is 0 Å². The van der Waals surface area contributed by atoms with E-state index in [0.29, 0.717) is 6.61 Å². The second kappa shape index (κ2) is 8.76. The molecular weight excluding hydrogens is 316 g/mol. The van der Waals surface area contributed by atoms with E-state index in [0.717, 1.165) is 50.3 Å². The van der Waals surface area contributed by atoms with E-state index in [4.69, 9.17) is 4.74 Å². The van der Waals surface area contributed by atoms with Gasteiger partial charge in [-0.25, -0.2) is 0 Å². The molecule has 2 aromatic rings. The molecule has 0 radical (unpaired) electrons. The van der Waals surface area contributed by atoms with Gasteiger partial charge in [-0.3, -0.25) is 4.79 Å². The van der Waals surface area contributed by atoms with Crippen LogP contribution in [-0.4, -0.2) is 39.9 Å². The minimum Gasteiger partial charge on any atom is -0.372 e. The van der Waals surface area contributed by atoms with Crippen molar-refractivity contribution in [2.45, 2.75) is 51.6 Å². The number of hydrogen-bond donors (Lipinski definition) is 1. The third-order valence-corrected chi connectivity index (χ3v) is 4.60. The van der Waals surface area contributed by atoms with Crippen LogP contribution >= 0.6 is 0 Å². The Morgan fingerprint density at radius 2 is 2.08 bits per heavy atom. The molecule has 1 atom stereocenters. The summed E-state index contributed by atoms with van der Waals surface area (Å²) in [4.78, 5) is 11.8. The molecule has 1 aliphatic heterocycles. The molecule has 1 amide bonds. The summed E-state index contributed by atoms with van der Waals surface area (Å²) in [7, 11) is 0. The predicted molar refractivity (Wildman–Crippen MR) is 95.2 cm³/mol. The zero-order chi connectivity index (χ0) is 17.5. The van der Waals surface area contributed by atoms with E-state index < -0.39 is 0 Å². The Bertz CT molecular complexity index is 684. The molecule has 2 heterocycles. The van der Waals surface area contributed by atoms with E-state index in [9.17, 15) is 4.79 Å². The van der Waals surface area contributed by atoms with Gasteiger partial charge in [0.1, 0.15) is 18.3 Å². The second-order valence-electron chi connectivity index (χ2n) is 6.40. The molecule has 0 fully saturated rings. The highest BCUT2D eigenvalue weighted by molar-refractivity contribution is 5.77. The number of benzene rings is 1. The average molecular weight is 342 g/mol. The summed E-state index contributed by atoms with van der Waals surface area (Å²) in [6.45, 7) is 3.44. The topological polar surface area (TPSA) is 69.0 Å². The predicted octanol–water partition coefficient (Wildman–Crippen LogP) is 1.92. The number of carbonyl (C=O) groups is 1. The number of nitrogens with one attached hydrogen (secondary N) is 1. The highest BCUT2D eigenvalue weighted by Gasteiger charge is 2.21. The molecule has 0 spiro atoms. The summed E-state index contributed by atoms with van der Waals surface area (Å²) in [5, 5.41) is 11.8. The van der Waals surface area contributed by atoms with E-state index in [-0.39, 0.29) is 18.6 Å². The lowest BCUT2D eigenvalue weighted by molar-refractivity contribution is -0.126. The highest BCUT2D eigenvalue weighted by Crippen LogP contribution is 2.16. The number of aromatic nitrogens is 3. The lowest BCUT2D eigenvalue weighted by Gasteiger charge is -2.16. The molecule has 1 unspecified atom stereocenters. The number of hydrogen-bond acceptors (Lipinski definition) is 4. The van der Waals surface area contributed by atoms with Crippen LogP contribution in [0.4, 0.5) is 0 Å². The standard InChI is InChI=1S/C19H26N4O2/c1-2-25-14-19(24)20-16-9-11-18-22-21-17(23(18)13-12-16)10-8-15-6-4-3-5-7-15/h3-7,16H,2,8-14H2,1H3,(H,20,24). The molecule has 0 aliphatic carbocycles. The first-order valence-electron chi connectivity index (χ1n) is 9.08. The van der Waals surface area contributed by atoms with Crippen LogP contribution in [0.15, 0.2) is 30.3 Å². The van der Waals surface area contributed by atoms with Gasteiger partial charge < -0.3 is 14.6 Å². The van der Waals surface area contributed by atoms with Crippen molar-refractivity contribution in [3.8, 4) is 0 Å². The molecule has 1 aromatic heterocycles. The quantitative estimate of drug-likeness (QED) is 0.835. The molecule has 0 saturated carbocycles. The van der Waals surface area contributed by atoms with Gasteiger partial charge in [0.25, 0.3) is 0 Å². The van der Waals surface area contributed by atoms with Crippen LogP contribution in [0.1, 0.15) is 37.0 Å². The van der Waals surface area contributed by atoms with E-state index in [1.54, 1.807) is 0 Å². The largest absolute Gasteiger partial charge is 0.372 e. The van der Waals surface area contributed by atoms with E-state index in [1.807, 2.05) is 13.0 Å². The van der Waals surface area contributed by atoms with E-state index in [1.165, 1.54) is 5.56 Å². The number of rotatable bonds is 7. The van der Waals surface area contributed by atoms with Crippen LogP contribution in [0.5, 0.6) is 0 Å². The first-order valence-corrected chi connectivity index (χ1v) is 9.08. The molecule has 6 nitrogen and oxygen atoms in total. The van der Waals surface area contributed by atoms with Gasteiger partial charge in [-0.2, -0.15) is 0 Å². The van der Waals surface area contributed by atoms with Crippen LogP contribution < -0.4 is 5.32 Å². The SMILES string of the molecule is CCOCC(=O)NC1CCc2nnc(CCc3ccccc3)n2CC1. The van der Waals surface area contributed by atoms with Crippen molar-refractivity contribution in [2.75, 3.05) is 13.2 Å². The van der Waals surface area contributed by atoms with Gasteiger partial charge in [0.2, 0.25) is 5.91 Å². The number of carbonyl (C=O) groups excluding carboxylic acids is 1. The number of fused-ring (bicyclic) bond motifs is 1. The summed E-state index contributed by atoms with van der Waals surface area (Å²) in [6, 6.07) is 10.6. The zero-order valence-electron chi connectivity index (χ0n) is 14.8. The van der Waals surface area contributed by atoms with Gasteiger partial charge in [0.05, 0.1) is 0 Å². The van der Waals surface area contributed by atoms with E-state index in [2.05, 4.69) is 44.3 Å². The Morgan fingerprint density at radius 3 is 2.88 bits per heavy atom. The van der Waals surface area contributed by atoms with Crippen molar-refractivity contribution in [1.29, 1.82) is 0 Å². The van der Waals surface area contributed by atoms with Gasteiger partial charge >= 0.3 is 0 Å². The molecule has 134 valence electrons. The van der Waals surface area contributed by atoms with Gasteiger partial charge in [-0.05, 0) is 31.7 Å². The zero-order valence-corrected chi connectivity index (χ0v) is 14.8. The maximum atomic E-state index is 11.8. The summed E-state index contributed by atoms with van der Waals surface area (Å²) in [5.74, 6) is 2.04. The van der Waals surface area contributed by atoms with Gasteiger partial charge in [0, 0.05) is 32.0 Å². The average Bonchev–Trinajstić information content (AvgIpc) is 2.92. The summed E-state index contributed by atoms with van der Waals surface area (Å²) < 4.78 is 7.40. The molecule has 1 N–H and O–H groups in total. The Kier molecular flexibility index (Phi) is 6.17. The van der Waals surface area contributed by atoms with Crippen LogP contribution in [0.25, 0.3) is 0 Å². The third kappa shape index (κ3) is 4.89. The van der Waals surface area contributed by atoms with Crippen LogP contribution in [0.3, 0.4) is 0 Å². The van der Waals surface area contributed by atoms with Crippen molar-refractivity contribution in [1.82, 2.24) is 20.1 Å². The fourth-order valence-electron chi connectivity index (χ4n) is 3.24. The van der Waals surface area contributed by atoms with Crippen molar-refractivity contribution < 1.29 is 9.53 Å². The number of amides is 1. The third-order valence-electron chi connectivity index (χ3n) is 4.60. The summed E-state index contributed by atoms with van der Waals surface area (Å²) in [6.07, 6.45) is 4.50. The van der Waals surface area contributed by atoms with Crippen LogP contribution in [-0.2, 0) is 35.3 Å². The first-order chi connectivity index (χ1) is 12.3. The second-order valence-corrected chi connectivity index (χ2v) is 6.40. The van der Waals surface area contributed by atoms with Gasteiger partial charge in [-0.15, -0.1) is 10.2 Å².